The third-order valence-corrected chi connectivity index (χ3v) is 14.5. The smallest absolute Gasteiger partial charge is 0.137 e. The average molecular weight is 1090 g/mol. The van der Waals surface area contributed by atoms with Crippen LogP contribution in [0.4, 0.5) is 22.7 Å². The van der Waals surface area contributed by atoms with Crippen LogP contribution in [0.15, 0.2) is 200 Å². The molecule has 0 unspecified atom stereocenters. The van der Waals surface area contributed by atoms with Gasteiger partial charge in [0.05, 0.1) is 33.4 Å². The molecule has 1 aliphatic heterocycles. The second-order valence-electron chi connectivity index (χ2n) is 18.2. The Bertz CT molecular complexity index is 4350. The molecule has 1 aliphatic rings. The van der Waals surface area contributed by atoms with Crippen LogP contribution in [0.3, 0.4) is 0 Å². The van der Waals surface area contributed by atoms with E-state index in [9.17, 15) is 0 Å². The zero-order chi connectivity index (χ0) is 46.2. The number of ether oxygens (including phenoxy) is 1. The van der Waals surface area contributed by atoms with Gasteiger partial charge in [-0.2, -0.15) is 12.1 Å². The maximum atomic E-state index is 6.76. The number of aryl methyl sites for hydroxylation is 2. The van der Waals surface area contributed by atoms with Gasteiger partial charge >= 0.3 is 0 Å². The van der Waals surface area contributed by atoms with E-state index < -0.39 is 0 Å². The van der Waals surface area contributed by atoms with Crippen LogP contribution in [-0.2, 0) is 35.2 Å². The number of hydrogen-bond donors (Lipinski definition) is 0. The molecule has 0 N–H and O–H groups in total. The first-order chi connectivity index (χ1) is 34.6. The van der Waals surface area contributed by atoms with Gasteiger partial charge in [-0.05, 0) is 60.0 Å². The Labute approximate surface area is 422 Å². The van der Waals surface area contributed by atoms with Gasteiger partial charge in [-0.1, -0.05) is 109 Å². The van der Waals surface area contributed by atoms with Crippen LogP contribution in [-0.4, -0.2) is 23.3 Å². The van der Waals surface area contributed by atoms with Crippen LogP contribution in [0.2, 0.25) is 0 Å². The van der Waals surface area contributed by atoms with Crippen molar-refractivity contribution in [2.45, 2.75) is 0 Å². The van der Waals surface area contributed by atoms with Gasteiger partial charge in [0.1, 0.15) is 5.82 Å². The molecule has 0 fully saturated rings. The Morgan fingerprint density at radius 1 is 0.437 bits per heavy atom. The largest absolute Gasteiger partial charge is 0.509 e. The average Bonchev–Trinajstić information content (AvgIpc) is 4.20. The molecule has 0 amide bonds. The first kappa shape index (κ1) is 41.4. The van der Waals surface area contributed by atoms with Crippen LogP contribution in [0.5, 0.6) is 11.5 Å². The fourth-order valence-electron chi connectivity index (χ4n) is 11.5. The summed E-state index contributed by atoms with van der Waals surface area (Å²) in [7, 11) is 4.37. The summed E-state index contributed by atoms with van der Waals surface area (Å²) in [6, 6.07) is 75.9. The van der Waals surface area contributed by atoms with Gasteiger partial charge in [-0.25, -0.2) is 4.98 Å². The molecule has 0 saturated heterocycles. The molecular weight excluding hydrogens is 1050 g/mol. The number of anilines is 4. The summed E-state index contributed by atoms with van der Waals surface area (Å²) in [4.78, 5) is 9.59. The molecule has 15 rings (SSSR count). The van der Waals surface area contributed by atoms with Crippen molar-refractivity contribution in [3.8, 4) is 23.0 Å². The van der Waals surface area contributed by atoms with Gasteiger partial charge in [0.2, 0.25) is 0 Å². The molecule has 342 valence electrons. The summed E-state index contributed by atoms with van der Waals surface area (Å²) < 4.78 is 16.0. The molecule has 0 aliphatic carbocycles. The van der Waals surface area contributed by atoms with Gasteiger partial charge in [0.25, 0.3) is 0 Å². The van der Waals surface area contributed by atoms with Gasteiger partial charge in [-0.15, -0.1) is 48.1 Å². The van der Waals surface area contributed by atoms with E-state index in [1.165, 1.54) is 54.4 Å². The molecule has 6 heterocycles. The Hall–Kier alpha value is -8.58. The molecule has 9 heteroatoms. The fraction of sp³-hybridized carbons (Fsp3) is 0.0323. The molecule has 5 aromatic heterocycles. The monoisotopic (exact) mass is 1090 g/mol. The van der Waals surface area contributed by atoms with E-state index in [1.807, 2.05) is 24.4 Å². The summed E-state index contributed by atoms with van der Waals surface area (Å²) in [6.45, 7) is 2.21. The van der Waals surface area contributed by atoms with Crippen molar-refractivity contribution in [1.82, 2.24) is 23.3 Å². The van der Waals surface area contributed by atoms with Crippen molar-refractivity contribution in [2.24, 2.45) is 14.1 Å². The van der Waals surface area contributed by atoms with E-state index >= 15 is 0 Å². The molecule has 0 radical (unpaired) electrons. The normalized spacial score (nSPS) is 12.7. The molecule has 9 aromatic carbocycles. The number of nitrogens with zero attached hydrogens (tertiary/aromatic N) is 7. The van der Waals surface area contributed by atoms with Crippen molar-refractivity contribution in [3.63, 3.8) is 0 Å². The number of aromatic nitrogens is 5. The minimum Gasteiger partial charge on any atom is -0.509 e. The summed E-state index contributed by atoms with van der Waals surface area (Å²) in [5.74, 6) is 1.95. The van der Waals surface area contributed by atoms with Crippen LogP contribution in [0, 0.1) is 18.8 Å². The summed E-state index contributed by atoms with van der Waals surface area (Å²) >= 11 is 0. The van der Waals surface area contributed by atoms with Gasteiger partial charge in [0.15, 0.2) is 0 Å². The zero-order valence-corrected chi connectivity index (χ0v) is 40.8. The number of rotatable bonds is 6. The van der Waals surface area contributed by atoms with E-state index in [0.29, 0.717) is 11.5 Å². The Morgan fingerprint density at radius 3 is 1.56 bits per heavy atom. The number of benzene rings is 9. The van der Waals surface area contributed by atoms with E-state index in [0.717, 1.165) is 67.1 Å². The minimum absolute atomic E-state index is 0. The number of fused-ring (bicyclic) bond motifs is 13. The Morgan fingerprint density at radius 2 is 0.944 bits per heavy atom. The first-order valence-electron chi connectivity index (χ1n) is 23.6. The summed E-state index contributed by atoms with van der Waals surface area (Å²) in [5, 5.41) is 9.53. The quantitative estimate of drug-likeness (QED) is 0.156. The SMILES string of the molecule is Cn1c2ccccc2c2cc3c4ccccc4n(C)c3c(N3[CH-]N(c4[c-]c(Oc5[c-]c6c(cc5)c5ccccc5n6-c5cc(-n6c7ccccc7c7ccccc76)ccn5)ccc4)c4ccccc43)c21.[Pt]. The van der Waals surface area contributed by atoms with Crippen LogP contribution in [0.25, 0.3) is 98.7 Å². The minimum atomic E-state index is 0. The predicted octanol–water partition coefficient (Wildman–Crippen LogP) is 15.4. The van der Waals surface area contributed by atoms with Crippen molar-refractivity contribution >= 4 is 110 Å². The van der Waals surface area contributed by atoms with Crippen molar-refractivity contribution in [3.05, 3.63) is 219 Å². The standard InChI is InChI=1S/C62H40N7O.Pt/c1-64-51-23-8-3-21-46(51)49-37-50-47-22-4-9-24-52(47)65(2)61(50)62(60(49)64)67-38-66(56-28-13-14-29-57(56)67)39-16-15-17-41(34-39)70-42-30-31-48-45-20-7-12-27-55(45)69(58(48)36-42)59-35-40(32-33-63-59)68-53-25-10-5-18-43(53)44-19-6-11-26-54(44)68;/h3-33,35,37-38H,1-2H3;/q-3;. The Balaban J connectivity index is 0.00000470. The molecule has 0 atom stereocenters. The van der Waals surface area contributed by atoms with Gasteiger partial charge in [-0.3, -0.25) is 0 Å². The van der Waals surface area contributed by atoms with E-state index in [-0.39, 0.29) is 21.1 Å². The number of pyridine rings is 1. The number of para-hydroxylation sites is 7. The van der Waals surface area contributed by atoms with Gasteiger partial charge < -0.3 is 32.8 Å². The second kappa shape index (κ2) is 15.7. The van der Waals surface area contributed by atoms with Crippen LogP contribution >= 0.6 is 0 Å². The second-order valence-corrected chi connectivity index (χ2v) is 18.2. The van der Waals surface area contributed by atoms with Crippen molar-refractivity contribution in [2.75, 3.05) is 9.80 Å². The summed E-state index contributed by atoms with van der Waals surface area (Å²) in [5.41, 5.74) is 14.1. The van der Waals surface area contributed by atoms with E-state index in [1.54, 1.807) is 0 Å². The summed E-state index contributed by atoms with van der Waals surface area (Å²) in [6.07, 6.45) is 1.90. The predicted molar refractivity (Wildman–Crippen MR) is 287 cm³/mol. The third-order valence-electron chi connectivity index (χ3n) is 14.5. The molecule has 8 nitrogen and oxygen atoms in total. The van der Waals surface area contributed by atoms with E-state index in [4.69, 9.17) is 9.72 Å². The topological polar surface area (TPSA) is 48.3 Å². The zero-order valence-electron chi connectivity index (χ0n) is 38.5. The third kappa shape index (κ3) is 5.98. The molecule has 0 bridgehead atoms. The molecule has 14 aromatic rings. The fourth-order valence-corrected chi connectivity index (χ4v) is 11.5. The first-order valence-corrected chi connectivity index (χ1v) is 23.6. The van der Waals surface area contributed by atoms with E-state index in [2.05, 4.69) is 237 Å². The number of hydrogen-bond acceptors (Lipinski definition) is 4. The van der Waals surface area contributed by atoms with Gasteiger partial charge in [0, 0.05) is 119 Å². The maximum absolute atomic E-state index is 6.76. The Kier molecular flexibility index (Phi) is 9.17. The molecular formula is C62H40N7OPt-3. The molecule has 0 saturated carbocycles. The van der Waals surface area contributed by atoms with Crippen LogP contribution in [0.1, 0.15) is 0 Å². The van der Waals surface area contributed by atoms with Crippen molar-refractivity contribution < 1.29 is 25.8 Å². The maximum Gasteiger partial charge on any atom is 0.137 e. The van der Waals surface area contributed by atoms with Crippen molar-refractivity contribution in [1.29, 1.82) is 0 Å². The molecule has 0 spiro atoms. The van der Waals surface area contributed by atoms with Crippen LogP contribution < -0.4 is 14.5 Å². The molecule has 71 heavy (non-hydrogen) atoms.